The molecule has 0 aromatic heterocycles. The molecule has 1 aromatic rings. The summed E-state index contributed by atoms with van der Waals surface area (Å²) in [6.45, 7) is 9.87. The Hall–Kier alpha value is -2.24. The Bertz CT molecular complexity index is 550. The van der Waals surface area contributed by atoms with E-state index >= 15 is 0 Å². The van der Waals surface area contributed by atoms with Gasteiger partial charge < -0.3 is 20.1 Å². The largest absolute Gasteiger partial charge is 0.483 e. The van der Waals surface area contributed by atoms with Gasteiger partial charge in [0.2, 0.25) is 0 Å². The number of aryl methyl sites for hydroxylation is 1. The van der Waals surface area contributed by atoms with Crippen LogP contribution in [-0.4, -0.2) is 37.3 Å². The van der Waals surface area contributed by atoms with Crippen LogP contribution in [0.2, 0.25) is 0 Å². The lowest BCUT2D eigenvalue weighted by Crippen LogP contribution is -2.39. The minimum Gasteiger partial charge on any atom is -0.483 e. The van der Waals surface area contributed by atoms with Crippen molar-refractivity contribution in [2.45, 2.75) is 40.2 Å². The van der Waals surface area contributed by atoms with E-state index in [1.165, 1.54) is 0 Å². The van der Waals surface area contributed by atoms with Gasteiger partial charge in [-0.25, -0.2) is 4.79 Å². The highest BCUT2D eigenvalue weighted by Crippen LogP contribution is 2.20. The van der Waals surface area contributed by atoms with Crippen molar-refractivity contribution in [1.29, 1.82) is 0 Å². The molecule has 2 N–H and O–H groups in total. The molecule has 6 heteroatoms. The van der Waals surface area contributed by atoms with E-state index in [4.69, 9.17) is 9.47 Å². The predicted molar refractivity (Wildman–Crippen MR) is 88.7 cm³/mol. The highest BCUT2D eigenvalue weighted by molar-refractivity contribution is 5.77. The van der Waals surface area contributed by atoms with Gasteiger partial charge >= 0.3 is 6.09 Å². The van der Waals surface area contributed by atoms with Gasteiger partial charge in [0.05, 0.1) is 0 Å². The lowest BCUT2D eigenvalue weighted by atomic mass is 10.1. The van der Waals surface area contributed by atoms with Crippen LogP contribution in [0.4, 0.5) is 4.79 Å². The Kier molecular flexibility index (Phi) is 6.88. The molecular weight excluding hydrogens is 296 g/mol. The zero-order valence-electron chi connectivity index (χ0n) is 14.5. The van der Waals surface area contributed by atoms with Gasteiger partial charge in [-0.3, -0.25) is 4.79 Å². The Morgan fingerprint density at radius 1 is 1.09 bits per heavy atom. The van der Waals surface area contributed by atoms with Crippen LogP contribution in [-0.2, 0) is 9.53 Å². The van der Waals surface area contributed by atoms with Crippen molar-refractivity contribution in [2.75, 3.05) is 19.7 Å². The fourth-order valence-corrected chi connectivity index (χ4v) is 1.76. The number of hydrogen-bond acceptors (Lipinski definition) is 4. The van der Waals surface area contributed by atoms with Gasteiger partial charge in [0, 0.05) is 13.1 Å². The Labute approximate surface area is 137 Å². The molecule has 2 amide bonds. The van der Waals surface area contributed by atoms with Crippen LogP contribution in [0.15, 0.2) is 18.2 Å². The van der Waals surface area contributed by atoms with Gasteiger partial charge in [0.25, 0.3) is 5.91 Å². The number of carbonyl (C=O) groups excluding carboxylic acids is 2. The number of alkyl carbamates (subject to hydrolysis) is 1. The Morgan fingerprint density at radius 2 is 1.74 bits per heavy atom. The first-order valence-electron chi connectivity index (χ1n) is 7.61. The first-order chi connectivity index (χ1) is 10.7. The summed E-state index contributed by atoms with van der Waals surface area (Å²) in [5, 5.41) is 5.24. The van der Waals surface area contributed by atoms with Crippen LogP contribution in [0, 0.1) is 13.8 Å². The van der Waals surface area contributed by atoms with Crippen LogP contribution in [0.25, 0.3) is 0 Å². The lowest BCUT2D eigenvalue weighted by Gasteiger charge is -2.19. The molecule has 1 rings (SSSR count). The van der Waals surface area contributed by atoms with E-state index in [0.717, 1.165) is 11.1 Å². The topological polar surface area (TPSA) is 76.7 Å². The quantitative estimate of drug-likeness (QED) is 0.788. The van der Waals surface area contributed by atoms with Crippen molar-refractivity contribution in [2.24, 2.45) is 0 Å². The van der Waals surface area contributed by atoms with Crippen molar-refractivity contribution in [1.82, 2.24) is 10.6 Å². The second-order valence-electron chi connectivity index (χ2n) is 6.27. The van der Waals surface area contributed by atoms with Gasteiger partial charge in [-0.15, -0.1) is 0 Å². The molecule has 0 unspecified atom stereocenters. The van der Waals surface area contributed by atoms with Crippen molar-refractivity contribution in [3.63, 3.8) is 0 Å². The molecule has 0 saturated carbocycles. The van der Waals surface area contributed by atoms with Crippen molar-refractivity contribution in [3.8, 4) is 5.75 Å². The van der Waals surface area contributed by atoms with Gasteiger partial charge in [0.1, 0.15) is 11.4 Å². The second-order valence-corrected chi connectivity index (χ2v) is 6.27. The fourth-order valence-electron chi connectivity index (χ4n) is 1.76. The molecule has 128 valence electrons. The van der Waals surface area contributed by atoms with E-state index in [0.29, 0.717) is 18.8 Å². The average molecular weight is 322 g/mol. The molecule has 0 saturated heterocycles. The molecule has 0 fully saturated rings. The van der Waals surface area contributed by atoms with Gasteiger partial charge in [-0.05, 0) is 51.8 Å². The average Bonchev–Trinajstić information content (AvgIpc) is 2.43. The number of benzene rings is 1. The Morgan fingerprint density at radius 3 is 2.39 bits per heavy atom. The highest BCUT2D eigenvalue weighted by atomic mass is 16.6. The fraction of sp³-hybridized carbons (Fsp3) is 0.529. The molecule has 0 atom stereocenters. The summed E-state index contributed by atoms with van der Waals surface area (Å²) in [6, 6.07) is 5.71. The summed E-state index contributed by atoms with van der Waals surface area (Å²) in [5.74, 6) is 0.462. The first kappa shape index (κ1) is 18.8. The predicted octanol–water partition coefficient (Wildman–Crippen LogP) is 2.32. The molecule has 1 aromatic carbocycles. The summed E-state index contributed by atoms with van der Waals surface area (Å²) in [7, 11) is 0. The standard InChI is InChI=1S/C17H26N2O4/c1-12-7-6-8-14(13(12)2)22-11-15(20)18-9-10-19-16(21)23-17(3,4)5/h6-8H,9-11H2,1-5H3,(H,18,20)(H,19,21). The van der Waals surface area contributed by atoms with E-state index in [9.17, 15) is 9.59 Å². The molecule has 0 aliphatic carbocycles. The molecule has 0 spiro atoms. The van der Waals surface area contributed by atoms with Gasteiger partial charge in [-0.1, -0.05) is 12.1 Å². The van der Waals surface area contributed by atoms with Crippen LogP contribution in [0.5, 0.6) is 5.75 Å². The van der Waals surface area contributed by atoms with E-state index in [-0.39, 0.29) is 12.5 Å². The lowest BCUT2D eigenvalue weighted by molar-refractivity contribution is -0.123. The molecular formula is C17H26N2O4. The summed E-state index contributed by atoms with van der Waals surface area (Å²) >= 11 is 0. The van der Waals surface area contributed by atoms with Gasteiger partial charge in [-0.2, -0.15) is 0 Å². The molecule has 6 nitrogen and oxygen atoms in total. The summed E-state index contributed by atoms with van der Waals surface area (Å²) in [4.78, 5) is 23.1. The smallest absolute Gasteiger partial charge is 0.407 e. The summed E-state index contributed by atoms with van der Waals surface area (Å²) in [5.41, 5.74) is 1.60. The monoisotopic (exact) mass is 322 g/mol. The maximum Gasteiger partial charge on any atom is 0.407 e. The number of nitrogens with one attached hydrogen (secondary N) is 2. The first-order valence-corrected chi connectivity index (χ1v) is 7.61. The van der Waals surface area contributed by atoms with Crippen LogP contribution in [0.1, 0.15) is 31.9 Å². The number of amides is 2. The maximum absolute atomic E-state index is 11.7. The van der Waals surface area contributed by atoms with Crippen LogP contribution < -0.4 is 15.4 Å². The van der Waals surface area contributed by atoms with E-state index < -0.39 is 11.7 Å². The SMILES string of the molecule is Cc1cccc(OCC(=O)NCCNC(=O)OC(C)(C)C)c1C. The molecule has 0 aliphatic heterocycles. The van der Waals surface area contributed by atoms with Crippen LogP contribution >= 0.6 is 0 Å². The maximum atomic E-state index is 11.7. The van der Waals surface area contributed by atoms with Gasteiger partial charge in [0.15, 0.2) is 6.61 Å². The third kappa shape index (κ3) is 7.54. The van der Waals surface area contributed by atoms with Crippen molar-refractivity contribution < 1.29 is 19.1 Å². The van der Waals surface area contributed by atoms with E-state index in [1.807, 2.05) is 32.0 Å². The minimum atomic E-state index is -0.535. The third-order valence-electron chi connectivity index (χ3n) is 3.03. The van der Waals surface area contributed by atoms with Crippen molar-refractivity contribution >= 4 is 12.0 Å². The van der Waals surface area contributed by atoms with Crippen molar-refractivity contribution in [3.05, 3.63) is 29.3 Å². The molecule has 0 heterocycles. The molecule has 0 bridgehead atoms. The normalized spacial score (nSPS) is 10.8. The molecule has 23 heavy (non-hydrogen) atoms. The zero-order chi connectivity index (χ0) is 17.5. The van der Waals surface area contributed by atoms with E-state index in [1.54, 1.807) is 20.8 Å². The summed E-state index contributed by atoms with van der Waals surface area (Å²) in [6.07, 6.45) is -0.501. The summed E-state index contributed by atoms with van der Waals surface area (Å²) < 4.78 is 10.6. The number of ether oxygens (including phenoxy) is 2. The molecule has 0 aliphatic rings. The van der Waals surface area contributed by atoms with Crippen LogP contribution in [0.3, 0.4) is 0 Å². The third-order valence-corrected chi connectivity index (χ3v) is 3.03. The zero-order valence-corrected chi connectivity index (χ0v) is 14.5. The molecule has 0 radical (unpaired) electrons. The number of rotatable bonds is 6. The number of hydrogen-bond donors (Lipinski definition) is 2. The highest BCUT2D eigenvalue weighted by Gasteiger charge is 2.15. The minimum absolute atomic E-state index is 0.0588. The number of carbonyl (C=O) groups is 2. The Balaban J connectivity index is 2.23. The van der Waals surface area contributed by atoms with E-state index in [2.05, 4.69) is 10.6 Å². The second kappa shape index (κ2) is 8.41.